The third-order valence-electron chi connectivity index (χ3n) is 4.25. The van der Waals surface area contributed by atoms with Crippen LogP contribution in [0.15, 0.2) is 57.7 Å². The van der Waals surface area contributed by atoms with Gasteiger partial charge < -0.3 is 23.9 Å². The first-order valence-electron chi connectivity index (χ1n) is 8.43. The predicted octanol–water partition coefficient (Wildman–Crippen LogP) is 2.37. The van der Waals surface area contributed by atoms with E-state index in [-0.39, 0.29) is 18.2 Å². The number of fused-ring (bicyclic) bond motifs is 2. The summed E-state index contributed by atoms with van der Waals surface area (Å²) >= 11 is 0. The summed E-state index contributed by atoms with van der Waals surface area (Å²) in [6.07, 6.45) is -0.351. The largest absolute Gasteiger partial charge is 0.493 e. The van der Waals surface area contributed by atoms with E-state index in [4.69, 9.17) is 18.6 Å². The summed E-state index contributed by atoms with van der Waals surface area (Å²) in [4.78, 5) is 24.7. The fraction of sp³-hybridized carbons (Fsp3) is 0.200. The lowest BCUT2D eigenvalue weighted by atomic mass is 10.1. The lowest BCUT2D eigenvalue weighted by Crippen LogP contribution is -2.41. The monoisotopic (exact) mass is 367 g/mol. The molecule has 4 rings (SSSR count). The Kier molecular flexibility index (Phi) is 4.42. The summed E-state index contributed by atoms with van der Waals surface area (Å²) in [6.45, 7) is 0.504. The Balaban J connectivity index is 1.49. The van der Waals surface area contributed by atoms with Gasteiger partial charge in [0, 0.05) is 5.39 Å². The van der Waals surface area contributed by atoms with Crippen molar-refractivity contribution < 1.29 is 23.4 Å². The zero-order valence-corrected chi connectivity index (χ0v) is 14.6. The molecule has 2 aromatic carbocycles. The molecule has 138 valence electrons. The fourth-order valence-electron chi connectivity index (χ4n) is 2.90. The number of benzene rings is 2. The van der Waals surface area contributed by atoms with Gasteiger partial charge in [0.1, 0.15) is 18.3 Å². The summed E-state index contributed by atoms with van der Waals surface area (Å²) in [5, 5.41) is 3.30. The van der Waals surface area contributed by atoms with E-state index < -0.39 is 11.5 Å². The minimum absolute atomic E-state index is 0.0760. The molecule has 0 spiro atoms. The Morgan fingerprint density at radius 2 is 2.00 bits per heavy atom. The number of carbonyl (C=O) groups is 1. The molecule has 7 nitrogen and oxygen atoms in total. The molecule has 0 saturated carbocycles. The zero-order chi connectivity index (χ0) is 18.8. The molecular weight excluding hydrogens is 350 g/mol. The van der Waals surface area contributed by atoms with Crippen LogP contribution in [-0.2, 0) is 0 Å². The molecule has 1 aliphatic rings. The number of carbonyl (C=O) groups excluding carboxylic acids is 1. The Hall–Kier alpha value is -3.48. The van der Waals surface area contributed by atoms with Gasteiger partial charge in [-0.25, -0.2) is 4.79 Å². The quantitative estimate of drug-likeness (QED) is 0.713. The second kappa shape index (κ2) is 7.03. The minimum atomic E-state index is -0.726. The van der Waals surface area contributed by atoms with Crippen LogP contribution in [0.2, 0.25) is 0 Å². The average Bonchev–Trinajstić information content (AvgIpc) is 2.71. The van der Waals surface area contributed by atoms with E-state index in [1.165, 1.54) is 13.2 Å². The topological polar surface area (TPSA) is 87.0 Å². The average molecular weight is 367 g/mol. The molecule has 3 aromatic rings. The summed E-state index contributed by atoms with van der Waals surface area (Å²) in [5.74, 6) is 1.20. The molecule has 0 fully saturated rings. The molecule has 27 heavy (non-hydrogen) atoms. The summed E-state index contributed by atoms with van der Waals surface area (Å²) in [6, 6.07) is 14.0. The van der Waals surface area contributed by atoms with Crippen LogP contribution in [-0.4, -0.2) is 32.3 Å². The number of hydrogen-bond donors (Lipinski definition) is 1. The third kappa shape index (κ3) is 3.31. The number of para-hydroxylation sites is 3. The molecule has 1 atom stereocenters. The second-order valence-corrected chi connectivity index (χ2v) is 6.03. The van der Waals surface area contributed by atoms with Crippen molar-refractivity contribution in [3.63, 3.8) is 0 Å². The highest BCUT2D eigenvalue weighted by atomic mass is 16.6. The maximum absolute atomic E-state index is 12.5. The number of hydrogen-bond acceptors (Lipinski definition) is 6. The Labute approximate surface area is 154 Å². The van der Waals surface area contributed by atoms with Crippen LogP contribution >= 0.6 is 0 Å². The number of ether oxygens (including phenoxy) is 3. The van der Waals surface area contributed by atoms with Gasteiger partial charge in [-0.1, -0.05) is 24.3 Å². The van der Waals surface area contributed by atoms with Gasteiger partial charge in [0.15, 0.2) is 22.8 Å². The van der Waals surface area contributed by atoms with Crippen LogP contribution in [0.3, 0.4) is 0 Å². The Morgan fingerprint density at radius 1 is 1.19 bits per heavy atom. The van der Waals surface area contributed by atoms with Gasteiger partial charge in [-0.05, 0) is 24.3 Å². The van der Waals surface area contributed by atoms with Crippen molar-refractivity contribution in [2.45, 2.75) is 6.10 Å². The molecule has 1 unspecified atom stereocenters. The number of nitrogens with one attached hydrogen (secondary N) is 1. The van der Waals surface area contributed by atoms with Gasteiger partial charge in [-0.2, -0.15) is 0 Å². The van der Waals surface area contributed by atoms with Crippen molar-refractivity contribution >= 4 is 16.9 Å². The molecule has 1 N–H and O–H groups in total. The molecule has 1 amide bonds. The fourth-order valence-corrected chi connectivity index (χ4v) is 2.90. The Bertz CT molecular complexity index is 1060. The van der Waals surface area contributed by atoms with Crippen molar-refractivity contribution in [3.8, 4) is 17.2 Å². The van der Waals surface area contributed by atoms with E-state index in [1.807, 2.05) is 18.2 Å². The zero-order valence-electron chi connectivity index (χ0n) is 14.6. The van der Waals surface area contributed by atoms with Gasteiger partial charge in [0.2, 0.25) is 0 Å². The van der Waals surface area contributed by atoms with Crippen molar-refractivity contribution in [1.29, 1.82) is 0 Å². The van der Waals surface area contributed by atoms with Crippen LogP contribution in [0.4, 0.5) is 0 Å². The molecule has 0 aliphatic carbocycles. The van der Waals surface area contributed by atoms with Crippen molar-refractivity contribution in [2.75, 3.05) is 20.3 Å². The molecule has 0 saturated heterocycles. The summed E-state index contributed by atoms with van der Waals surface area (Å²) in [5.41, 5.74) is -0.495. The van der Waals surface area contributed by atoms with Gasteiger partial charge in [0.05, 0.1) is 13.7 Å². The van der Waals surface area contributed by atoms with Gasteiger partial charge in [-0.3, -0.25) is 4.79 Å². The number of methoxy groups -OCH3 is 1. The maximum Gasteiger partial charge on any atom is 0.349 e. The van der Waals surface area contributed by atoms with Crippen LogP contribution in [0, 0.1) is 0 Å². The molecule has 2 heterocycles. The molecule has 0 bridgehead atoms. The van der Waals surface area contributed by atoms with Gasteiger partial charge >= 0.3 is 5.63 Å². The molecular formula is C20H17NO6. The van der Waals surface area contributed by atoms with Gasteiger partial charge in [-0.15, -0.1) is 0 Å². The molecule has 1 aromatic heterocycles. The summed E-state index contributed by atoms with van der Waals surface area (Å²) in [7, 11) is 1.49. The van der Waals surface area contributed by atoms with Crippen LogP contribution < -0.4 is 25.2 Å². The van der Waals surface area contributed by atoms with E-state index in [9.17, 15) is 9.59 Å². The highest BCUT2D eigenvalue weighted by Crippen LogP contribution is 2.30. The van der Waals surface area contributed by atoms with E-state index in [0.29, 0.717) is 34.8 Å². The van der Waals surface area contributed by atoms with Crippen LogP contribution in [0.5, 0.6) is 17.2 Å². The molecule has 7 heteroatoms. The first kappa shape index (κ1) is 17.0. The first-order chi connectivity index (χ1) is 13.2. The first-order valence-corrected chi connectivity index (χ1v) is 8.43. The Morgan fingerprint density at radius 3 is 2.81 bits per heavy atom. The lowest BCUT2D eigenvalue weighted by Gasteiger charge is -2.26. The van der Waals surface area contributed by atoms with Crippen molar-refractivity contribution in [2.24, 2.45) is 0 Å². The van der Waals surface area contributed by atoms with Gasteiger partial charge in [0.25, 0.3) is 5.91 Å². The lowest BCUT2D eigenvalue weighted by molar-refractivity contribution is 0.0787. The third-order valence-corrected chi connectivity index (χ3v) is 4.25. The highest BCUT2D eigenvalue weighted by molar-refractivity contribution is 5.97. The van der Waals surface area contributed by atoms with Crippen LogP contribution in [0.25, 0.3) is 11.0 Å². The van der Waals surface area contributed by atoms with E-state index >= 15 is 0 Å². The number of rotatable bonds is 4. The van der Waals surface area contributed by atoms with Crippen molar-refractivity contribution in [1.82, 2.24) is 5.32 Å². The van der Waals surface area contributed by atoms with E-state index in [2.05, 4.69) is 5.32 Å². The van der Waals surface area contributed by atoms with Crippen LogP contribution in [0.1, 0.15) is 10.4 Å². The predicted molar refractivity (Wildman–Crippen MR) is 97.7 cm³/mol. The van der Waals surface area contributed by atoms with E-state index in [0.717, 1.165) is 0 Å². The highest BCUT2D eigenvalue weighted by Gasteiger charge is 2.22. The van der Waals surface area contributed by atoms with E-state index in [1.54, 1.807) is 24.3 Å². The molecule has 1 aliphatic heterocycles. The SMILES string of the molecule is COc1cccc2cc(C(=O)NCC3COc4ccccc4O3)c(=O)oc12. The smallest absolute Gasteiger partial charge is 0.349 e. The maximum atomic E-state index is 12.5. The summed E-state index contributed by atoms with van der Waals surface area (Å²) < 4.78 is 21.9. The number of amides is 1. The second-order valence-electron chi connectivity index (χ2n) is 6.03. The normalized spacial score (nSPS) is 15.4. The molecule has 0 radical (unpaired) electrons. The minimum Gasteiger partial charge on any atom is -0.493 e. The standard InChI is InChI=1S/C20H17NO6/c1-24-17-8-4-5-12-9-14(20(23)27-18(12)17)19(22)21-10-13-11-25-15-6-2-3-7-16(15)26-13/h2-9,13H,10-11H2,1H3,(H,21,22). The van der Waals surface area contributed by atoms with Crippen molar-refractivity contribution in [3.05, 3.63) is 64.5 Å².